The number of aliphatic hydroxyl groups is 1. The second kappa shape index (κ2) is 11.8. The average molecular weight is 392 g/mol. The molecule has 1 aliphatic carbocycles. The van der Waals surface area contributed by atoms with E-state index >= 15 is 0 Å². The lowest BCUT2D eigenvalue weighted by atomic mass is 9.72. The molecule has 0 aromatic heterocycles. The number of rotatable bonds is 10. The van der Waals surface area contributed by atoms with E-state index in [-0.39, 0.29) is 12.0 Å². The first-order valence-electron chi connectivity index (χ1n) is 10.5. The molecule has 1 fully saturated rings. The Balaban J connectivity index is 1.93. The first kappa shape index (κ1) is 22.3. The minimum Gasteiger partial charge on any atom is -0.493 e. The molecule has 0 spiro atoms. The van der Waals surface area contributed by atoms with Crippen molar-refractivity contribution in [1.82, 2.24) is 10.6 Å². The molecule has 0 saturated heterocycles. The average Bonchev–Trinajstić information content (AvgIpc) is 2.73. The molecule has 3 N–H and O–H groups in total. The molecule has 1 aliphatic rings. The SMILES string of the molecule is CCNC(=NCC1(CCO)CCCCC1)NCCc1ccc(OC)c(OC)c1. The molecule has 0 heterocycles. The van der Waals surface area contributed by atoms with E-state index in [9.17, 15) is 5.11 Å². The molecule has 0 atom stereocenters. The molecule has 1 aromatic carbocycles. The summed E-state index contributed by atoms with van der Waals surface area (Å²) in [5.74, 6) is 2.35. The fraction of sp³-hybridized carbons (Fsp3) is 0.682. The maximum absolute atomic E-state index is 9.50. The van der Waals surface area contributed by atoms with E-state index in [2.05, 4.69) is 23.6 Å². The Morgan fingerprint density at radius 3 is 2.50 bits per heavy atom. The third-order valence-electron chi connectivity index (χ3n) is 5.63. The molecule has 2 rings (SSSR count). The molecular weight excluding hydrogens is 354 g/mol. The first-order chi connectivity index (χ1) is 13.7. The highest BCUT2D eigenvalue weighted by Gasteiger charge is 2.31. The molecule has 28 heavy (non-hydrogen) atoms. The maximum Gasteiger partial charge on any atom is 0.191 e. The minimum absolute atomic E-state index is 0.165. The number of nitrogens with one attached hydrogen (secondary N) is 2. The molecule has 0 bridgehead atoms. The standard InChI is InChI=1S/C22H37N3O3/c1-4-23-21(25-17-22(13-15-26)11-6-5-7-12-22)24-14-10-18-8-9-19(27-2)20(16-18)28-3/h8-9,16,26H,4-7,10-15,17H2,1-3H3,(H2,23,24,25). The summed E-state index contributed by atoms with van der Waals surface area (Å²) in [6.45, 7) is 4.72. The largest absolute Gasteiger partial charge is 0.493 e. The number of nitrogens with zero attached hydrogens (tertiary/aromatic N) is 1. The maximum atomic E-state index is 9.50. The van der Waals surface area contributed by atoms with E-state index in [1.807, 2.05) is 12.1 Å². The second-order valence-electron chi connectivity index (χ2n) is 7.60. The normalized spacial score (nSPS) is 16.5. The highest BCUT2D eigenvalue weighted by Crippen LogP contribution is 2.39. The first-order valence-corrected chi connectivity index (χ1v) is 10.5. The van der Waals surface area contributed by atoms with E-state index in [1.165, 1.54) is 37.7 Å². The van der Waals surface area contributed by atoms with Crippen LogP contribution >= 0.6 is 0 Å². The van der Waals surface area contributed by atoms with Crippen molar-refractivity contribution in [2.24, 2.45) is 10.4 Å². The molecule has 1 saturated carbocycles. The summed E-state index contributed by atoms with van der Waals surface area (Å²) in [5, 5.41) is 16.3. The van der Waals surface area contributed by atoms with E-state index in [4.69, 9.17) is 14.5 Å². The van der Waals surface area contributed by atoms with E-state index in [0.717, 1.165) is 49.9 Å². The van der Waals surface area contributed by atoms with E-state index < -0.39 is 0 Å². The van der Waals surface area contributed by atoms with Gasteiger partial charge >= 0.3 is 0 Å². The van der Waals surface area contributed by atoms with Crippen LogP contribution in [0, 0.1) is 5.41 Å². The van der Waals surface area contributed by atoms with Crippen LogP contribution in [-0.2, 0) is 6.42 Å². The summed E-state index contributed by atoms with van der Waals surface area (Å²) in [4.78, 5) is 4.86. The second-order valence-corrected chi connectivity index (χ2v) is 7.60. The van der Waals surface area contributed by atoms with Crippen LogP contribution in [0.3, 0.4) is 0 Å². The van der Waals surface area contributed by atoms with Crippen LogP contribution < -0.4 is 20.1 Å². The Hall–Kier alpha value is -1.95. The highest BCUT2D eigenvalue weighted by molar-refractivity contribution is 5.79. The van der Waals surface area contributed by atoms with Gasteiger partial charge in [-0.1, -0.05) is 25.3 Å². The van der Waals surface area contributed by atoms with Gasteiger partial charge in [-0.3, -0.25) is 4.99 Å². The number of hydrogen-bond donors (Lipinski definition) is 3. The van der Waals surface area contributed by atoms with Gasteiger partial charge in [0.15, 0.2) is 17.5 Å². The predicted octanol–water partition coefficient (Wildman–Crippen LogP) is 3.13. The van der Waals surface area contributed by atoms with Crippen molar-refractivity contribution in [2.75, 3.05) is 40.5 Å². The molecule has 0 amide bonds. The number of benzene rings is 1. The van der Waals surface area contributed by atoms with Gasteiger partial charge in [0, 0.05) is 26.2 Å². The number of ether oxygens (including phenoxy) is 2. The minimum atomic E-state index is 0.165. The zero-order valence-electron chi connectivity index (χ0n) is 17.7. The highest BCUT2D eigenvalue weighted by atomic mass is 16.5. The van der Waals surface area contributed by atoms with Gasteiger partial charge in [-0.05, 0) is 55.7 Å². The van der Waals surface area contributed by atoms with Crippen LogP contribution in [0.25, 0.3) is 0 Å². The molecule has 0 aliphatic heterocycles. The molecular formula is C22H37N3O3. The van der Waals surface area contributed by atoms with Crippen LogP contribution in [0.2, 0.25) is 0 Å². The van der Waals surface area contributed by atoms with Crippen molar-refractivity contribution < 1.29 is 14.6 Å². The van der Waals surface area contributed by atoms with Crippen molar-refractivity contribution >= 4 is 5.96 Å². The third kappa shape index (κ3) is 6.59. The summed E-state index contributed by atoms with van der Waals surface area (Å²) in [7, 11) is 3.30. The van der Waals surface area contributed by atoms with Crippen LogP contribution in [0.1, 0.15) is 51.0 Å². The lowest BCUT2D eigenvalue weighted by Gasteiger charge is -2.35. The summed E-state index contributed by atoms with van der Waals surface area (Å²) >= 11 is 0. The number of aliphatic hydroxyl groups excluding tert-OH is 1. The van der Waals surface area contributed by atoms with Gasteiger partial charge in [-0.15, -0.1) is 0 Å². The van der Waals surface area contributed by atoms with Crippen molar-refractivity contribution in [1.29, 1.82) is 0 Å². The van der Waals surface area contributed by atoms with Crippen molar-refractivity contribution in [3.05, 3.63) is 23.8 Å². The Bertz CT molecular complexity index is 608. The van der Waals surface area contributed by atoms with Gasteiger partial charge in [-0.2, -0.15) is 0 Å². The number of aliphatic imine (C=N–C) groups is 1. The summed E-state index contributed by atoms with van der Waals surface area (Å²) in [6, 6.07) is 6.02. The molecule has 0 radical (unpaired) electrons. The lowest BCUT2D eigenvalue weighted by Crippen LogP contribution is -2.40. The fourth-order valence-corrected chi connectivity index (χ4v) is 3.98. The van der Waals surface area contributed by atoms with E-state index in [0.29, 0.717) is 0 Å². The van der Waals surface area contributed by atoms with Gasteiger partial charge < -0.3 is 25.2 Å². The van der Waals surface area contributed by atoms with Crippen LogP contribution in [-0.4, -0.2) is 51.5 Å². The fourth-order valence-electron chi connectivity index (χ4n) is 3.98. The van der Waals surface area contributed by atoms with Crippen LogP contribution in [0.5, 0.6) is 11.5 Å². The van der Waals surface area contributed by atoms with Crippen molar-refractivity contribution in [2.45, 2.75) is 51.9 Å². The van der Waals surface area contributed by atoms with Gasteiger partial charge in [-0.25, -0.2) is 0 Å². The Morgan fingerprint density at radius 2 is 1.86 bits per heavy atom. The number of methoxy groups -OCH3 is 2. The van der Waals surface area contributed by atoms with Crippen molar-refractivity contribution in [3.8, 4) is 11.5 Å². The third-order valence-corrected chi connectivity index (χ3v) is 5.63. The van der Waals surface area contributed by atoms with Gasteiger partial charge in [0.1, 0.15) is 0 Å². The quantitative estimate of drug-likeness (QED) is 0.422. The van der Waals surface area contributed by atoms with E-state index in [1.54, 1.807) is 14.2 Å². The topological polar surface area (TPSA) is 75.1 Å². The molecule has 6 nitrogen and oxygen atoms in total. The Morgan fingerprint density at radius 1 is 1.11 bits per heavy atom. The van der Waals surface area contributed by atoms with Gasteiger partial charge in [0.2, 0.25) is 0 Å². The zero-order chi connectivity index (χ0) is 20.2. The summed E-state index contributed by atoms with van der Waals surface area (Å²) in [6.07, 6.45) is 7.86. The summed E-state index contributed by atoms with van der Waals surface area (Å²) < 4.78 is 10.7. The summed E-state index contributed by atoms with van der Waals surface area (Å²) in [5.41, 5.74) is 1.35. The van der Waals surface area contributed by atoms with Crippen LogP contribution in [0.15, 0.2) is 23.2 Å². The molecule has 1 aromatic rings. The molecule has 0 unspecified atom stereocenters. The Labute approximate surface area is 169 Å². The van der Waals surface area contributed by atoms with Gasteiger partial charge in [0.25, 0.3) is 0 Å². The predicted molar refractivity (Wildman–Crippen MR) is 114 cm³/mol. The number of guanidine groups is 1. The monoisotopic (exact) mass is 391 g/mol. The van der Waals surface area contributed by atoms with Gasteiger partial charge in [0.05, 0.1) is 14.2 Å². The van der Waals surface area contributed by atoms with Crippen molar-refractivity contribution in [3.63, 3.8) is 0 Å². The smallest absolute Gasteiger partial charge is 0.191 e. The van der Waals surface area contributed by atoms with Crippen LogP contribution in [0.4, 0.5) is 0 Å². The molecule has 6 heteroatoms. The lowest BCUT2D eigenvalue weighted by molar-refractivity contribution is 0.137. The molecule has 158 valence electrons. The zero-order valence-corrected chi connectivity index (χ0v) is 17.7. The Kier molecular flexibility index (Phi) is 9.41. The number of hydrogen-bond acceptors (Lipinski definition) is 4.